The lowest BCUT2D eigenvalue weighted by Crippen LogP contribution is -2.44. The number of carbonyl (C=O) groups excluding carboxylic acids is 2. The number of hydrogen-bond donors (Lipinski definition) is 1. The highest BCUT2D eigenvalue weighted by Gasteiger charge is 2.29. The normalized spacial score (nSPS) is 17.2. The number of hydrogen-bond acceptors (Lipinski definition) is 5. The number of likely N-dealkylation sites (tertiary alicyclic amines) is 1. The minimum atomic E-state index is -0.355. The molecule has 2 amide bonds. The van der Waals surface area contributed by atoms with E-state index in [1.807, 2.05) is 6.07 Å². The summed E-state index contributed by atoms with van der Waals surface area (Å²) in [4.78, 5) is 34.2. The van der Waals surface area contributed by atoms with Crippen LogP contribution < -0.4 is 5.32 Å². The average Bonchev–Trinajstić information content (AvgIpc) is 3.17. The first-order valence-electron chi connectivity index (χ1n) is 8.34. The van der Waals surface area contributed by atoms with E-state index >= 15 is 0 Å². The van der Waals surface area contributed by atoms with Crippen molar-refractivity contribution in [3.05, 3.63) is 37.1 Å². The number of aromatic nitrogens is 3. The van der Waals surface area contributed by atoms with Crippen LogP contribution in [0, 0.1) is 5.92 Å². The van der Waals surface area contributed by atoms with Crippen LogP contribution >= 0.6 is 0 Å². The lowest BCUT2D eigenvalue weighted by Gasteiger charge is -2.31. The maximum absolute atomic E-state index is 12.5. The maximum Gasteiger partial charge on any atom is 0.409 e. The van der Waals surface area contributed by atoms with Gasteiger partial charge in [-0.25, -0.2) is 14.8 Å². The van der Waals surface area contributed by atoms with Gasteiger partial charge in [0.05, 0.1) is 24.4 Å². The minimum Gasteiger partial charge on any atom is -0.450 e. The molecule has 1 N–H and O–H groups in total. The molecule has 8 nitrogen and oxygen atoms in total. The van der Waals surface area contributed by atoms with Crippen molar-refractivity contribution < 1.29 is 14.3 Å². The smallest absolute Gasteiger partial charge is 0.409 e. The molecular weight excluding hydrogens is 322 g/mol. The third-order valence-corrected chi connectivity index (χ3v) is 4.10. The summed E-state index contributed by atoms with van der Waals surface area (Å²) in [6.07, 6.45) is 7.93. The van der Waals surface area contributed by atoms with Gasteiger partial charge in [-0.05, 0) is 31.9 Å². The van der Waals surface area contributed by atoms with Gasteiger partial charge >= 0.3 is 6.09 Å². The van der Waals surface area contributed by atoms with Gasteiger partial charge in [0.1, 0.15) is 12.1 Å². The Hall–Kier alpha value is -2.90. The van der Waals surface area contributed by atoms with E-state index in [1.165, 1.54) is 0 Å². The van der Waals surface area contributed by atoms with E-state index in [0.29, 0.717) is 25.4 Å². The van der Waals surface area contributed by atoms with Gasteiger partial charge in [0, 0.05) is 25.5 Å². The van der Waals surface area contributed by atoms with Crippen LogP contribution in [-0.4, -0.2) is 51.1 Å². The summed E-state index contributed by atoms with van der Waals surface area (Å²) in [6, 6.07) is 3.61. The van der Waals surface area contributed by atoms with E-state index in [0.717, 1.165) is 18.7 Å². The van der Waals surface area contributed by atoms with Gasteiger partial charge in [-0.15, -0.1) is 0 Å². The number of imidazole rings is 1. The molecule has 0 radical (unpaired) electrons. The summed E-state index contributed by atoms with van der Waals surface area (Å²) in [5, 5.41) is 2.87. The first kappa shape index (κ1) is 16.9. The fourth-order valence-corrected chi connectivity index (χ4v) is 2.82. The van der Waals surface area contributed by atoms with Gasteiger partial charge in [-0.1, -0.05) is 0 Å². The van der Waals surface area contributed by atoms with Crippen molar-refractivity contribution in [1.82, 2.24) is 19.4 Å². The van der Waals surface area contributed by atoms with Crippen LogP contribution in [0.1, 0.15) is 19.8 Å². The average molecular weight is 343 g/mol. The summed E-state index contributed by atoms with van der Waals surface area (Å²) in [5.74, 6) is 0.374. The molecule has 0 bridgehead atoms. The van der Waals surface area contributed by atoms with E-state index < -0.39 is 0 Å². The number of nitrogens with zero attached hydrogens (tertiary/aromatic N) is 4. The van der Waals surface area contributed by atoms with Gasteiger partial charge in [0.2, 0.25) is 5.91 Å². The number of rotatable bonds is 4. The highest BCUT2D eigenvalue weighted by atomic mass is 16.6. The monoisotopic (exact) mass is 343 g/mol. The third kappa shape index (κ3) is 4.14. The van der Waals surface area contributed by atoms with Crippen molar-refractivity contribution in [3.63, 3.8) is 0 Å². The van der Waals surface area contributed by atoms with Crippen molar-refractivity contribution in [1.29, 1.82) is 0 Å². The van der Waals surface area contributed by atoms with Crippen LogP contribution in [-0.2, 0) is 9.53 Å². The maximum atomic E-state index is 12.5. The van der Waals surface area contributed by atoms with E-state index in [4.69, 9.17) is 4.74 Å². The van der Waals surface area contributed by atoms with Gasteiger partial charge in [-0.2, -0.15) is 0 Å². The predicted molar refractivity (Wildman–Crippen MR) is 91.3 cm³/mol. The topological polar surface area (TPSA) is 89.4 Å². The Morgan fingerprint density at radius 3 is 2.96 bits per heavy atom. The van der Waals surface area contributed by atoms with E-state index in [1.54, 1.807) is 47.4 Å². The Morgan fingerprint density at radius 1 is 1.40 bits per heavy atom. The minimum absolute atomic E-state index is 0.105. The molecule has 1 atom stereocenters. The summed E-state index contributed by atoms with van der Waals surface area (Å²) in [7, 11) is 0. The van der Waals surface area contributed by atoms with Crippen molar-refractivity contribution in [2.45, 2.75) is 19.8 Å². The standard InChI is InChI=1S/C17H21N5O3/c1-2-25-17(24)21-8-3-4-13(11-21)16(23)20-14-5-6-15(19-10-14)22-9-7-18-12-22/h5-7,9-10,12-13H,2-4,8,11H2,1H3,(H,20,23). The first-order valence-corrected chi connectivity index (χ1v) is 8.34. The molecule has 1 aliphatic rings. The Morgan fingerprint density at radius 2 is 2.28 bits per heavy atom. The molecule has 3 rings (SSSR count). The second-order valence-corrected chi connectivity index (χ2v) is 5.85. The zero-order valence-corrected chi connectivity index (χ0v) is 14.1. The third-order valence-electron chi connectivity index (χ3n) is 4.10. The molecular formula is C17H21N5O3. The fourth-order valence-electron chi connectivity index (χ4n) is 2.82. The number of pyridine rings is 1. The zero-order valence-electron chi connectivity index (χ0n) is 14.1. The molecule has 2 aromatic heterocycles. The quantitative estimate of drug-likeness (QED) is 0.918. The highest BCUT2D eigenvalue weighted by molar-refractivity contribution is 5.92. The molecule has 0 aliphatic carbocycles. The molecule has 8 heteroatoms. The van der Waals surface area contributed by atoms with Crippen molar-refractivity contribution in [2.24, 2.45) is 5.92 Å². The lowest BCUT2D eigenvalue weighted by atomic mass is 9.97. The molecule has 25 heavy (non-hydrogen) atoms. The number of anilines is 1. The molecule has 1 unspecified atom stereocenters. The van der Waals surface area contributed by atoms with Gasteiger partial charge in [-0.3, -0.25) is 9.36 Å². The number of nitrogens with one attached hydrogen (secondary N) is 1. The summed E-state index contributed by atoms with van der Waals surface area (Å²) < 4.78 is 6.80. The summed E-state index contributed by atoms with van der Waals surface area (Å²) >= 11 is 0. The lowest BCUT2D eigenvalue weighted by molar-refractivity contribution is -0.121. The molecule has 1 saturated heterocycles. The molecule has 2 aromatic rings. The SMILES string of the molecule is CCOC(=O)N1CCCC(C(=O)Nc2ccc(-n3ccnc3)nc2)C1. The highest BCUT2D eigenvalue weighted by Crippen LogP contribution is 2.19. The first-order chi connectivity index (χ1) is 12.2. The molecule has 1 aliphatic heterocycles. The van der Waals surface area contributed by atoms with E-state index in [-0.39, 0.29) is 17.9 Å². The predicted octanol–water partition coefficient (Wildman–Crippen LogP) is 2.07. The Kier molecular flexibility index (Phi) is 5.27. The van der Waals surface area contributed by atoms with Gasteiger partial charge < -0.3 is 15.0 Å². The van der Waals surface area contributed by atoms with Crippen LogP contribution in [0.2, 0.25) is 0 Å². The van der Waals surface area contributed by atoms with Crippen molar-refractivity contribution >= 4 is 17.7 Å². The van der Waals surface area contributed by atoms with Crippen molar-refractivity contribution in [3.8, 4) is 5.82 Å². The zero-order chi connectivity index (χ0) is 17.6. The molecule has 3 heterocycles. The van der Waals surface area contributed by atoms with Crippen LogP contribution in [0.3, 0.4) is 0 Å². The van der Waals surface area contributed by atoms with E-state index in [9.17, 15) is 9.59 Å². The number of ether oxygens (including phenoxy) is 1. The van der Waals surface area contributed by atoms with Crippen LogP contribution in [0.5, 0.6) is 0 Å². The molecule has 0 saturated carbocycles. The molecule has 0 aromatic carbocycles. The Bertz CT molecular complexity index is 714. The second kappa shape index (κ2) is 7.78. The second-order valence-electron chi connectivity index (χ2n) is 5.85. The van der Waals surface area contributed by atoms with Crippen molar-refractivity contribution in [2.75, 3.05) is 25.0 Å². The van der Waals surface area contributed by atoms with Crippen LogP contribution in [0.15, 0.2) is 37.1 Å². The Balaban J connectivity index is 1.59. The fraction of sp³-hybridized carbons (Fsp3) is 0.412. The largest absolute Gasteiger partial charge is 0.450 e. The van der Waals surface area contributed by atoms with E-state index in [2.05, 4.69) is 15.3 Å². The number of piperidine rings is 1. The van der Waals surface area contributed by atoms with Gasteiger partial charge in [0.25, 0.3) is 0 Å². The van der Waals surface area contributed by atoms with Crippen LogP contribution in [0.25, 0.3) is 5.82 Å². The number of amides is 2. The molecule has 132 valence electrons. The number of carbonyl (C=O) groups is 2. The summed E-state index contributed by atoms with van der Waals surface area (Å²) in [5.41, 5.74) is 0.627. The summed E-state index contributed by atoms with van der Waals surface area (Å²) in [6.45, 7) is 3.11. The van der Waals surface area contributed by atoms with Crippen LogP contribution in [0.4, 0.5) is 10.5 Å². The Labute approximate surface area is 145 Å². The molecule has 1 fully saturated rings. The molecule has 0 spiro atoms. The van der Waals surface area contributed by atoms with Gasteiger partial charge in [0.15, 0.2) is 0 Å².